The molecule has 1 fully saturated rings. The van der Waals surface area contributed by atoms with Gasteiger partial charge in [-0.1, -0.05) is 12.1 Å². The minimum absolute atomic E-state index is 0.148. The van der Waals surface area contributed by atoms with Crippen molar-refractivity contribution in [2.75, 3.05) is 19.7 Å². The summed E-state index contributed by atoms with van der Waals surface area (Å²) < 4.78 is 11.3. The van der Waals surface area contributed by atoms with Gasteiger partial charge in [-0.25, -0.2) is 0 Å². The van der Waals surface area contributed by atoms with E-state index in [1.54, 1.807) is 6.07 Å². The van der Waals surface area contributed by atoms with Gasteiger partial charge in [0.15, 0.2) is 11.5 Å². The number of rotatable bonds is 4. The predicted molar refractivity (Wildman–Crippen MR) is 79.2 cm³/mol. The van der Waals surface area contributed by atoms with E-state index in [0.29, 0.717) is 18.9 Å². The number of phenols is 1. The van der Waals surface area contributed by atoms with Crippen LogP contribution in [0.25, 0.3) is 0 Å². The largest absolute Gasteiger partial charge is 0.504 e. The predicted octanol–water partition coefficient (Wildman–Crippen LogP) is 2.79. The van der Waals surface area contributed by atoms with Crippen LogP contribution in [-0.2, 0) is 11.3 Å². The summed E-state index contributed by atoms with van der Waals surface area (Å²) in [5.74, 6) is 0.817. The Morgan fingerprint density at radius 1 is 1.45 bits per heavy atom. The highest BCUT2D eigenvalue weighted by molar-refractivity contribution is 5.45. The summed E-state index contributed by atoms with van der Waals surface area (Å²) >= 11 is 0. The van der Waals surface area contributed by atoms with Gasteiger partial charge in [0.1, 0.15) is 0 Å². The standard InChI is InChI=1S/C16H25NO3/c1-5-19-14-8-6-7-13(15(14)18)10-17-9-12(2)20-16(3,4)11-17/h6-8,12,18H,5,9-11H2,1-4H3. The molecule has 1 atom stereocenters. The van der Waals surface area contributed by atoms with Crippen LogP contribution in [0.15, 0.2) is 18.2 Å². The maximum absolute atomic E-state index is 10.3. The van der Waals surface area contributed by atoms with Crippen LogP contribution in [0, 0.1) is 0 Å². The second-order valence-corrected chi connectivity index (χ2v) is 6.05. The molecule has 1 saturated heterocycles. The molecule has 2 rings (SSSR count). The normalized spacial score (nSPS) is 22.7. The first kappa shape index (κ1) is 15.1. The van der Waals surface area contributed by atoms with Crippen LogP contribution in [0.2, 0.25) is 0 Å². The zero-order valence-electron chi connectivity index (χ0n) is 12.8. The van der Waals surface area contributed by atoms with Crippen LogP contribution in [-0.4, -0.2) is 41.4 Å². The maximum atomic E-state index is 10.3. The van der Waals surface area contributed by atoms with E-state index in [-0.39, 0.29) is 17.5 Å². The quantitative estimate of drug-likeness (QED) is 0.920. The molecule has 4 heteroatoms. The number of hydrogen-bond acceptors (Lipinski definition) is 4. The second-order valence-electron chi connectivity index (χ2n) is 6.05. The fourth-order valence-corrected chi connectivity index (χ4v) is 2.91. The molecular formula is C16H25NO3. The zero-order chi connectivity index (χ0) is 14.8. The molecule has 112 valence electrons. The van der Waals surface area contributed by atoms with Crippen molar-refractivity contribution in [3.63, 3.8) is 0 Å². The highest BCUT2D eigenvalue weighted by atomic mass is 16.5. The molecule has 1 aromatic rings. The van der Waals surface area contributed by atoms with Gasteiger partial charge in [-0.2, -0.15) is 0 Å². The van der Waals surface area contributed by atoms with Gasteiger partial charge >= 0.3 is 0 Å². The monoisotopic (exact) mass is 279 g/mol. The summed E-state index contributed by atoms with van der Waals surface area (Å²) in [7, 11) is 0. The van der Waals surface area contributed by atoms with Crippen LogP contribution in [0.1, 0.15) is 33.3 Å². The Kier molecular flexibility index (Phi) is 4.55. The lowest BCUT2D eigenvalue weighted by molar-refractivity contribution is -0.130. The third kappa shape index (κ3) is 3.64. The van der Waals surface area contributed by atoms with Crippen LogP contribution in [0.4, 0.5) is 0 Å². The summed E-state index contributed by atoms with van der Waals surface area (Å²) in [6.07, 6.45) is 0.205. The minimum Gasteiger partial charge on any atom is -0.504 e. The third-order valence-electron chi connectivity index (χ3n) is 3.42. The van der Waals surface area contributed by atoms with Gasteiger partial charge in [-0.15, -0.1) is 0 Å². The average Bonchev–Trinajstić information content (AvgIpc) is 2.32. The summed E-state index contributed by atoms with van der Waals surface area (Å²) in [5, 5.41) is 10.3. The summed E-state index contributed by atoms with van der Waals surface area (Å²) in [6.45, 7) is 11.2. The van der Waals surface area contributed by atoms with Gasteiger partial charge in [0.2, 0.25) is 0 Å². The van der Waals surface area contributed by atoms with Crippen molar-refractivity contribution in [1.82, 2.24) is 4.90 Å². The Balaban J connectivity index is 2.11. The minimum atomic E-state index is -0.148. The molecule has 1 aliphatic rings. The lowest BCUT2D eigenvalue weighted by Crippen LogP contribution is -2.51. The Labute approximate surface area is 121 Å². The molecule has 0 radical (unpaired) electrons. The number of aromatic hydroxyl groups is 1. The second kappa shape index (κ2) is 6.02. The summed E-state index contributed by atoms with van der Waals surface area (Å²) in [4.78, 5) is 2.32. The Morgan fingerprint density at radius 3 is 2.85 bits per heavy atom. The number of para-hydroxylation sites is 1. The van der Waals surface area contributed by atoms with Crippen LogP contribution >= 0.6 is 0 Å². The number of hydrogen-bond donors (Lipinski definition) is 1. The number of benzene rings is 1. The van der Waals surface area contributed by atoms with E-state index in [4.69, 9.17) is 9.47 Å². The molecule has 1 N–H and O–H groups in total. The fraction of sp³-hybridized carbons (Fsp3) is 0.625. The fourth-order valence-electron chi connectivity index (χ4n) is 2.91. The van der Waals surface area contributed by atoms with Crippen LogP contribution in [0.3, 0.4) is 0 Å². The van der Waals surface area contributed by atoms with Crippen molar-refractivity contribution in [3.8, 4) is 11.5 Å². The van der Waals surface area contributed by atoms with Crippen molar-refractivity contribution < 1.29 is 14.6 Å². The molecule has 0 aliphatic carbocycles. The molecule has 0 saturated carbocycles. The van der Waals surface area contributed by atoms with E-state index in [9.17, 15) is 5.11 Å². The van der Waals surface area contributed by atoms with Gasteiger partial charge in [-0.05, 0) is 33.8 Å². The van der Waals surface area contributed by atoms with Gasteiger partial charge in [-0.3, -0.25) is 4.90 Å². The molecule has 1 aliphatic heterocycles. The van der Waals surface area contributed by atoms with E-state index < -0.39 is 0 Å². The molecule has 0 bridgehead atoms. The first-order valence-corrected chi connectivity index (χ1v) is 7.25. The molecule has 1 heterocycles. The summed E-state index contributed by atoms with van der Waals surface area (Å²) in [5.41, 5.74) is 0.756. The smallest absolute Gasteiger partial charge is 0.162 e. The topological polar surface area (TPSA) is 41.9 Å². The van der Waals surface area contributed by atoms with E-state index in [1.165, 1.54) is 0 Å². The van der Waals surface area contributed by atoms with Crippen molar-refractivity contribution in [2.24, 2.45) is 0 Å². The Morgan fingerprint density at radius 2 is 2.20 bits per heavy atom. The van der Waals surface area contributed by atoms with Crippen molar-refractivity contribution >= 4 is 0 Å². The summed E-state index contributed by atoms with van der Waals surface area (Å²) in [6, 6.07) is 5.67. The van der Waals surface area contributed by atoms with E-state index in [2.05, 4.69) is 25.7 Å². The molecule has 1 unspecified atom stereocenters. The van der Waals surface area contributed by atoms with Gasteiger partial charge in [0.25, 0.3) is 0 Å². The average molecular weight is 279 g/mol. The molecule has 0 spiro atoms. The number of nitrogens with zero attached hydrogens (tertiary/aromatic N) is 1. The van der Waals surface area contributed by atoms with Crippen molar-refractivity contribution in [2.45, 2.75) is 45.9 Å². The van der Waals surface area contributed by atoms with Gasteiger partial charge in [0, 0.05) is 25.2 Å². The number of phenolic OH excluding ortho intramolecular Hbond substituents is 1. The highest BCUT2D eigenvalue weighted by Crippen LogP contribution is 2.32. The SMILES string of the molecule is CCOc1cccc(CN2CC(C)OC(C)(C)C2)c1O. The molecule has 20 heavy (non-hydrogen) atoms. The molecule has 0 aromatic heterocycles. The Hall–Kier alpha value is -1.26. The lowest BCUT2D eigenvalue weighted by Gasteiger charge is -2.41. The van der Waals surface area contributed by atoms with Crippen LogP contribution < -0.4 is 4.74 Å². The van der Waals surface area contributed by atoms with Crippen molar-refractivity contribution in [3.05, 3.63) is 23.8 Å². The third-order valence-corrected chi connectivity index (χ3v) is 3.42. The number of morpholine rings is 1. The molecule has 1 aromatic carbocycles. The first-order valence-electron chi connectivity index (χ1n) is 7.25. The molecule has 4 nitrogen and oxygen atoms in total. The van der Waals surface area contributed by atoms with E-state index in [0.717, 1.165) is 18.7 Å². The lowest BCUT2D eigenvalue weighted by atomic mass is 10.0. The van der Waals surface area contributed by atoms with E-state index >= 15 is 0 Å². The van der Waals surface area contributed by atoms with Gasteiger partial charge < -0.3 is 14.6 Å². The zero-order valence-corrected chi connectivity index (χ0v) is 12.8. The van der Waals surface area contributed by atoms with Crippen molar-refractivity contribution in [1.29, 1.82) is 0 Å². The maximum Gasteiger partial charge on any atom is 0.162 e. The van der Waals surface area contributed by atoms with Gasteiger partial charge in [0.05, 0.1) is 18.3 Å². The molecular weight excluding hydrogens is 254 g/mol. The molecule has 0 amide bonds. The highest BCUT2D eigenvalue weighted by Gasteiger charge is 2.31. The van der Waals surface area contributed by atoms with E-state index in [1.807, 2.05) is 19.1 Å². The first-order chi connectivity index (χ1) is 9.41. The number of ether oxygens (including phenoxy) is 2. The van der Waals surface area contributed by atoms with Crippen LogP contribution in [0.5, 0.6) is 11.5 Å². The Bertz CT molecular complexity index is 459.